The van der Waals surface area contributed by atoms with Crippen molar-refractivity contribution in [2.24, 2.45) is 5.92 Å². The van der Waals surface area contributed by atoms with Crippen molar-refractivity contribution in [1.82, 2.24) is 0 Å². The van der Waals surface area contributed by atoms with Gasteiger partial charge in [-0.1, -0.05) is 12.1 Å². The molecule has 6 heteroatoms. The van der Waals surface area contributed by atoms with E-state index in [1.54, 1.807) is 0 Å². The van der Waals surface area contributed by atoms with Crippen LogP contribution in [0.1, 0.15) is 23.2 Å². The Bertz CT molecular complexity index is 452. The molecule has 2 rings (SSSR count). The molecule has 1 aromatic carbocycles. The first-order valence-electron chi connectivity index (χ1n) is 5.45. The monoisotopic (exact) mass is 260 g/mol. The summed E-state index contributed by atoms with van der Waals surface area (Å²) in [4.78, 5) is 11.8. The fourth-order valence-corrected chi connectivity index (χ4v) is 1.67. The van der Waals surface area contributed by atoms with Gasteiger partial charge >= 0.3 is 6.36 Å². The van der Waals surface area contributed by atoms with Crippen LogP contribution in [0.5, 0.6) is 5.75 Å². The number of halogens is 3. The molecule has 0 bridgehead atoms. The lowest BCUT2D eigenvalue weighted by molar-refractivity contribution is -0.274. The van der Waals surface area contributed by atoms with Gasteiger partial charge in [-0.05, 0) is 30.9 Å². The van der Waals surface area contributed by atoms with Crippen molar-refractivity contribution in [3.8, 4) is 5.75 Å². The third-order valence-corrected chi connectivity index (χ3v) is 2.72. The van der Waals surface area contributed by atoms with Gasteiger partial charge in [-0.3, -0.25) is 4.79 Å². The van der Waals surface area contributed by atoms with Crippen molar-refractivity contribution in [1.29, 1.82) is 0 Å². The van der Waals surface area contributed by atoms with Crippen molar-refractivity contribution in [2.45, 2.75) is 25.3 Å². The van der Waals surface area contributed by atoms with Crippen LogP contribution < -0.4 is 4.74 Å². The predicted molar refractivity (Wildman–Crippen MR) is 56.2 cm³/mol. The molecule has 1 unspecified atom stereocenters. The van der Waals surface area contributed by atoms with Crippen LogP contribution in [0.15, 0.2) is 24.3 Å². The number of hydrogen-bond donors (Lipinski definition) is 1. The number of rotatable bonds is 4. The minimum Gasteiger partial charge on any atom is -0.405 e. The average Bonchev–Trinajstić information content (AvgIpc) is 3.09. The van der Waals surface area contributed by atoms with E-state index < -0.39 is 24.0 Å². The molecule has 0 radical (unpaired) electrons. The second kappa shape index (κ2) is 4.61. The maximum absolute atomic E-state index is 12.2. The van der Waals surface area contributed by atoms with E-state index in [1.807, 2.05) is 0 Å². The Hall–Kier alpha value is -1.56. The van der Waals surface area contributed by atoms with Gasteiger partial charge in [0.1, 0.15) is 11.9 Å². The summed E-state index contributed by atoms with van der Waals surface area (Å²) in [6.45, 7) is 0. The van der Waals surface area contributed by atoms with Crippen LogP contribution in [-0.4, -0.2) is 23.4 Å². The molecule has 0 saturated heterocycles. The number of ether oxygens (including phenoxy) is 1. The molecular weight excluding hydrogens is 249 g/mol. The maximum atomic E-state index is 12.2. The molecule has 1 saturated carbocycles. The number of carbonyl (C=O) groups excluding carboxylic acids is 1. The Morgan fingerprint density at radius 2 is 1.94 bits per heavy atom. The molecule has 0 heterocycles. The van der Waals surface area contributed by atoms with E-state index >= 15 is 0 Å². The lowest BCUT2D eigenvalue weighted by Gasteiger charge is -2.14. The molecule has 98 valence electrons. The van der Waals surface area contributed by atoms with Crippen molar-refractivity contribution in [3.05, 3.63) is 29.8 Å². The zero-order chi connectivity index (χ0) is 13.3. The SMILES string of the molecule is O=C(c1ccccc1OC(F)(F)F)C(O)C1CC1. The van der Waals surface area contributed by atoms with Crippen LogP contribution in [0.2, 0.25) is 0 Å². The summed E-state index contributed by atoms with van der Waals surface area (Å²) >= 11 is 0. The Morgan fingerprint density at radius 3 is 2.50 bits per heavy atom. The van der Waals surface area contributed by atoms with E-state index in [1.165, 1.54) is 18.2 Å². The number of carbonyl (C=O) groups is 1. The molecule has 0 amide bonds. The van der Waals surface area contributed by atoms with Gasteiger partial charge in [0.05, 0.1) is 5.56 Å². The molecule has 1 atom stereocenters. The van der Waals surface area contributed by atoms with Gasteiger partial charge in [0, 0.05) is 0 Å². The van der Waals surface area contributed by atoms with Gasteiger partial charge < -0.3 is 9.84 Å². The molecule has 1 aromatic rings. The zero-order valence-electron chi connectivity index (χ0n) is 9.28. The van der Waals surface area contributed by atoms with Crippen molar-refractivity contribution >= 4 is 5.78 Å². The van der Waals surface area contributed by atoms with E-state index in [2.05, 4.69) is 4.74 Å². The van der Waals surface area contributed by atoms with Gasteiger partial charge in [0.15, 0.2) is 5.78 Å². The van der Waals surface area contributed by atoms with Crippen LogP contribution in [0.4, 0.5) is 13.2 Å². The number of aliphatic hydroxyl groups excluding tert-OH is 1. The molecular formula is C12H11F3O3. The molecule has 0 spiro atoms. The minimum atomic E-state index is -4.86. The highest BCUT2D eigenvalue weighted by molar-refractivity contribution is 6.02. The van der Waals surface area contributed by atoms with Crippen LogP contribution in [0.25, 0.3) is 0 Å². The summed E-state index contributed by atoms with van der Waals surface area (Å²) in [5.74, 6) is -1.44. The molecule has 0 aliphatic heterocycles. The topological polar surface area (TPSA) is 46.5 Å². The molecule has 3 nitrogen and oxygen atoms in total. The number of para-hydroxylation sites is 1. The largest absolute Gasteiger partial charge is 0.573 e. The number of hydrogen-bond acceptors (Lipinski definition) is 3. The van der Waals surface area contributed by atoms with E-state index in [0.717, 1.165) is 18.9 Å². The van der Waals surface area contributed by atoms with Gasteiger partial charge in [-0.25, -0.2) is 0 Å². The van der Waals surface area contributed by atoms with Crippen molar-refractivity contribution in [2.75, 3.05) is 0 Å². The zero-order valence-corrected chi connectivity index (χ0v) is 9.28. The van der Waals surface area contributed by atoms with E-state index in [-0.39, 0.29) is 11.5 Å². The fourth-order valence-electron chi connectivity index (χ4n) is 1.67. The lowest BCUT2D eigenvalue weighted by Crippen LogP contribution is -2.25. The Morgan fingerprint density at radius 1 is 1.33 bits per heavy atom. The molecule has 1 fully saturated rings. The average molecular weight is 260 g/mol. The van der Waals surface area contributed by atoms with Gasteiger partial charge in [0.2, 0.25) is 0 Å². The number of alkyl halides is 3. The predicted octanol–water partition coefficient (Wildman–Crippen LogP) is 2.54. The molecule has 1 N–H and O–H groups in total. The van der Waals surface area contributed by atoms with Gasteiger partial charge in [-0.15, -0.1) is 13.2 Å². The number of benzene rings is 1. The highest BCUT2D eigenvalue weighted by Gasteiger charge is 2.38. The Kier molecular flexibility index (Phi) is 3.30. The third kappa shape index (κ3) is 3.01. The summed E-state index contributed by atoms with van der Waals surface area (Å²) in [6.07, 6.45) is -4.67. The fraction of sp³-hybridized carbons (Fsp3) is 0.417. The first-order chi connectivity index (χ1) is 8.38. The molecule has 18 heavy (non-hydrogen) atoms. The Labute approximate surface area is 101 Å². The van der Waals surface area contributed by atoms with Gasteiger partial charge in [-0.2, -0.15) is 0 Å². The standard InChI is InChI=1S/C12H11F3O3/c13-12(14,15)18-9-4-2-1-3-8(9)11(17)10(16)7-5-6-7/h1-4,7,10,16H,5-6H2. The quantitative estimate of drug-likeness (QED) is 0.846. The smallest absolute Gasteiger partial charge is 0.405 e. The number of ketones is 1. The number of Topliss-reactive ketones (excluding diaryl/α,β-unsaturated/α-hetero) is 1. The summed E-state index contributed by atoms with van der Waals surface area (Å²) in [5, 5.41) is 9.65. The third-order valence-electron chi connectivity index (χ3n) is 2.72. The van der Waals surface area contributed by atoms with Gasteiger partial charge in [0.25, 0.3) is 0 Å². The normalized spacial score (nSPS) is 17.3. The van der Waals surface area contributed by atoms with E-state index in [0.29, 0.717) is 0 Å². The molecule has 0 aromatic heterocycles. The highest BCUT2D eigenvalue weighted by atomic mass is 19.4. The molecule has 1 aliphatic rings. The Balaban J connectivity index is 2.23. The first kappa shape index (κ1) is 12.9. The van der Waals surface area contributed by atoms with Crippen molar-refractivity contribution < 1.29 is 27.8 Å². The summed E-state index contributed by atoms with van der Waals surface area (Å²) in [7, 11) is 0. The summed E-state index contributed by atoms with van der Waals surface area (Å²) in [6, 6.07) is 5.03. The second-order valence-corrected chi connectivity index (χ2v) is 4.19. The van der Waals surface area contributed by atoms with E-state index in [9.17, 15) is 23.1 Å². The van der Waals surface area contributed by atoms with Crippen molar-refractivity contribution in [3.63, 3.8) is 0 Å². The highest BCUT2D eigenvalue weighted by Crippen LogP contribution is 2.35. The maximum Gasteiger partial charge on any atom is 0.573 e. The van der Waals surface area contributed by atoms with Crippen LogP contribution in [0.3, 0.4) is 0 Å². The lowest BCUT2D eigenvalue weighted by atomic mass is 10.0. The van der Waals surface area contributed by atoms with Crippen LogP contribution >= 0.6 is 0 Å². The van der Waals surface area contributed by atoms with E-state index in [4.69, 9.17) is 0 Å². The van der Waals surface area contributed by atoms with Crippen LogP contribution in [0, 0.1) is 5.92 Å². The molecule has 1 aliphatic carbocycles. The summed E-state index contributed by atoms with van der Waals surface area (Å²) < 4.78 is 40.3. The minimum absolute atomic E-state index is 0.142. The first-order valence-corrected chi connectivity index (χ1v) is 5.45. The second-order valence-electron chi connectivity index (χ2n) is 4.19. The summed E-state index contributed by atoms with van der Waals surface area (Å²) in [5.41, 5.74) is -0.241. The number of aliphatic hydroxyl groups is 1. The van der Waals surface area contributed by atoms with Crippen LogP contribution in [-0.2, 0) is 0 Å².